The van der Waals surface area contributed by atoms with Crippen molar-refractivity contribution in [3.8, 4) is 17.0 Å². The zero-order valence-electron chi connectivity index (χ0n) is 23.4. The third kappa shape index (κ3) is 6.70. The zero-order valence-corrected chi connectivity index (χ0v) is 25.0. The molecule has 1 spiro atoms. The second kappa shape index (κ2) is 12.0. The molecule has 2 aromatic carbocycles. The van der Waals surface area contributed by atoms with Crippen LogP contribution in [0.3, 0.4) is 0 Å². The molecular formula is C28H30ClF3N6O5S. The third-order valence-electron chi connectivity index (χ3n) is 8.07. The topological polar surface area (TPSA) is 160 Å². The van der Waals surface area contributed by atoms with Crippen LogP contribution in [0.5, 0.6) is 5.88 Å². The fourth-order valence-corrected chi connectivity index (χ4v) is 6.67. The van der Waals surface area contributed by atoms with Crippen molar-refractivity contribution >= 4 is 39.4 Å². The minimum absolute atomic E-state index is 0.0152. The summed E-state index contributed by atoms with van der Waals surface area (Å²) in [6, 6.07) is 9.89. The molecule has 0 saturated carbocycles. The lowest BCUT2D eigenvalue weighted by molar-refractivity contribution is -0.198. The van der Waals surface area contributed by atoms with Crippen LogP contribution in [-0.2, 0) is 14.8 Å². The number of sulfonamides is 1. The summed E-state index contributed by atoms with van der Waals surface area (Å²) in [6.45, 7) is 1.54. The number of benzene rings is 2. The number of nitrogen functional groups attached to an aromatic ring is 1. The Balaban J connectivity index is 1.44. The average molecular weight is 655 g/mol. The van der Waals surface area contributed by atoms with E-state index in [4.69, 9.17) is 22.1 Å². The summed E-state index contributed by atoms with van der Waals surface area (Å²) in [7, 11) is -2.66. The lowest BCUT2D eigenvalue weighted by atomic mass is 9.76. The highest BCUT2D eigenvalue weighted by atomic mass is 35.5. The first kappa shape index (κ1) is 31.8. The van der Waals surface area contributed by atoms with Crippen LogP contribution in [0.25, 0.3) is 11.1 Å². The molecule has 236 valence electrons. The van der Waals surface area contributed by atoms with E-state index in [1.54, 1.807) is 0 Å². The van der Waals surface area contributed by atoms with Gasteiger partial charge < -0.3 is 25.8 Å². The molecule has 1 aromatic heterocycles. The van der Waals surface area contributed by atoms with Crippen molar-refractivity contribution in [1.29, 1.82) is 0 Å². The van der Waals surface area contributed by atoms with Gasteiger partial charge in [-0.2, -0.15) is 23.1 Å². The number of carbonyl (C=O) groups is 1. The summed E-state index contributed by atoms with van der Waals surface area (Å²) < 4.78 is 76.3. The lowest BCUT2D eigenvalue weighted by Crippen LogP contribution is -2.41. The van der Waals surface area contributed by atoms with Gasteiger partial charge in [0.1, 0.15) is 11.9 Å². The van der Waals surface area contributed by atoms with E-state index < -0.39 is 40.2 Å². The zero-order chi connectivity index (χ0) is 31.9. The molecule has 2 saturated heterocycles. The van der Waals surface area contributed by atoms with Crippen molar-refractivity contribution in [2.24, 2.45) is 5.41 Å². The fraction of sp³-hybridized carbons (Fsp3) is 0.393. The van der Waals surface area contributed by atoms with E-state index in [1.807, 2.05) is 4.90 Å². The van der Waals surface area contributed by atoms with Gasteiger partial charge in [0, 0.05) is 36.3 Å². The van der Waals surface area contributed by atoms with Crippen molar-refractivity contribution in [2.45, 2.75) is 42.5 Å². The molecule has 2 aliphatic heterocycles. The molecule has 0 radical (unpaired) electrons. The second-order valence-corrected chi connectivity index (χ2v) is 13.2. The van der Waals surface area contributed by atoms with Gasteiger partial charge in [0.25, 0.3) is 0 Å². The van der Waals surface area contributed by atoms with Crippen LogP contribution in [0.15, 0.2) is 53.4 Å². The summed E-state index contributed by atoms with van der Waals surface area (Å²) in [5.74, 6) is -1.30. The van der Waals surface area contributed by atoms with Crippen LogP contribution >= 0.6 is 11.6 Å². The largest absolute Gasteiger partial charge is 0.480 e. The molecule has 2 aliphatic rings. The van der Waals surface area contributed by atoms with E-state index in [0.29, 0.717) is 38.9 Å². The number of halogens is 4. The van der Waals surface area contributed by atoms with E-state index >= 15 is 0 Å². The number of hydrogen-bond donors (Lipinski definition) is 4. The van der Waals surface area contributed by atoms with Crippen LogP contribution in [0.4, 0.5) is 24.9 Å². The molecule has 44 heavy (non-hydrogen) atoms. The van der Waals surface area contributed by atoms with Gasteiger partial charge in [0.2, 0.25) is 28.0 Å². The van der Waals surface area contributed by atoms with Crippen LogP contribution in [-0.4, -0.2) is 68.4 Å². The number of rotatable bonds is 8. The van der Waals surface area contributed by atoms with Gasteiger partial charge in [0.15, 0.2) is 0 Å². The lowest BCUT2D eigenvalue weighted by Gasteiger charge is -2.39. The fourth-order valence-electron chi connectivity index (χ4n) is 5.72. The van der Waals surface area contributed by atoms with Gasteiger partial charge >= 0.3 is 12.1 Å². The molecule has 0 amide bonds. The molecule has 11 nitrogen and oxygen atoms in total. The number of carboxylic acid groups (broad SMARTS) is 1. The van der Waals surface area contributed by atoms with Crippen molar-refractivity contribution in [2.75, 3.05) is 37.3 Å². The molecule has 2 fully saturated rings. The Kier molecular flexibility index (Phi) is 8.68. The maximum atomic E-state index is 14.6. The summed E-state index contributed by atoms with van der Waals surface area (Å²) in [5.41, 5.74) is 5.59. The van der Waals surface area contributed by atoms with E-state index in [0.717, 1.165) is 0 Å². The number of anilines is 2. The summed E-state index contributed by atoms with van der Waals surface area (Å²) in [4.78, 5) is 21.2. The predicted molar refractivity (Wildman–Crippen MR) is 157 cm³/mol. The summed E-state index contributed by atoms with van der Waals surface area (Å²) >= 11 is 6.17. The van der Waals surface area contributed by atoms with Gasteiger partial charge in [-0.25, -0.2) is 13.1 Å². The standard InChI is InChI=1S/C28H30ClF3N6O5S/c1-34-44(41,42)18-4-2-3-16(11-18)20-12-17(29)5-6-19(20)24(28(30,31)32)43-23-13-22(36-26(33)37-23)38-9-7-27(8-10-38)14-21(25(39)40)35-15-27/h2-6,11-13,21,24,34-35H,7-10,14-15H2,1H3,(H,39,40)(H2,33,36,37). The van der Waals surface area contributed by atoms with Crippen LogP contribution in [0.1, 0.15) is 30.9 Å². The Labute approximate surface area is 256 Å². The normalized spacial score (nSPS) is 19.2. The molecule has 2 atom stereocenters. The van der Waals surface area contributed by atoms with E-state index in [1.165, 1.54) is 55.6 Å². The van der Waals surface area contributed by atoms with Crippen LogP contribution in [0.2, 0.25) is 5.02 Å². The first-order valence-corrected chi connectivity index (χ1v) is 15.5. The average Bonchev–Trinajstić information content (AvgIpc) is 3.39. The minimum Gasteiger partial charge on any atom is -0.480 e. The molecular weight excluding hydrogens is 625 g/mol. The van der Waals surface area contributed by atoms with Crippen LogP contribution in [0, 0.1) is 5.41 Å². The molecule has 16 heteroatoms. The number of carboxylic acids is 1. The van der Waals surface area contributed by atoms with Gasteiger partial charge in [-0.05, 0) is 67.1 Å². The maximum Gasteiger partial charge on any atom is 0.429 e. The second-order valence-electron chi connectivity index (χ2n) is 10.9. The Hall–Kier alpha value is -3.66. The summed E-state index contributed by atoms with van der Waals surface area (Å²) in [6.07, 6.45) is -5.64. The third-order valence-corrected chi connectivity index (χ3v) is 9.72. The smallest absolute Gasteiger partial charge is 0.429 e. The Morgan fingerprint density at radius 1 is 1.20 bits per heavy atom. The maximum absolute atomic E-state index is 14.6. The number of aliphatic carboxylic acids is 1. The highest BCUT2D eigenvalue weighted by Crippen LogP contribution is 2.43. The number of hydrogen-bond acceptors (Lipinski definition) is 9. The number of nitrogens with one attached hydrogen (secondary N) is 2. The number of ether oxygens (including phenoxy) is 1. The number of aromatic nitrogens is 2. The molecule has 3 heterocycles. The van der Waals surface area contributed by atoms with E-state index in [-0.39, 0.29) is 43.8 Å². The van der Waals surface area contributed by atoms with Gasteiger partial charge in [-0.1, -0.05) is 29.8 Å². The number of alkyl halides is 3. The number of piperidine rings is 1. The quantitative estimate of drug-likeness (QED) is 0.280. The first-order chi connectivity index (χ1) is 20.7. The molecule has 5 rings (SSSR count). The highest BCUT2D eigenvalue weighted by molar-refractivity contribution is 7.89. The number of nitrogens with two attached hydrogens (primary N) is 1. The highest BCUT2D eigenvalue weighted by Gasteiger charge is 2.46. The minimum atomic E-state index is -4.93. The van der Waals surface area contributed by atoms with Crippen molar-refractivity contribution in [3.63, 3.8) is 0 Å². The van der Waals surface area contributed by atoms with Crippen molar-refractivity contribution < 1.29 is 36.2 Å². The van der Waals surface area contributed by atoms with E-state index in [2.05, 4.69) is 20.0 Å². The van der Waals surface area contributed by atoms with Gasteiger partial charge in [0.05, 0.1) is 4.90 Å². The molecule has 2 unspecified atom stereocenters. The Morgan fingerprint density at radius 2 is 1.93 bits per heavy atom. The van der Waals surface area contributed by atoms with Crippen molar-refractivity contribution in [1.82, 2.24) is 20.0 Å². The monoisotopic (exact) mass is 654 g/mol. The van der Waals surface area contributed by atoms with Crippen molar-refractivity contribution in [3.05, 3.63) is 59.1 Å². The van der Waals surface area contributed by atoms with Gasteiger partial charge in [-0.15, -0.1) is 0 Å². The molecule has 3 aromatic rings. The van der Waals surface area contributed by atoms with Gasteiger partial charge in [-0.3, -0.25) is 4.79 Å². The SMILES string of the molecule is CNS(=O)(=O)c1cccc(-c2cc(Cl)ccc2C(Oc2cc(N3CCC4(CC3)CNC(C(=O)O)C4)nc(N)n2)C(F)(F)F)c1. The number of nitrogens with zero attached hydrogens (tertiary/aromatic N) is 3. The van der Waals surface area contributed by atoms with E-state index in [9.17, 15) is 31.5 Å². The van der Waals surface area contributed by atoms with Crippen LogP contribution < -0.4 is 25.4 Å². The first-order valence-electron chi connectivity index (χ1n) is 13.6. The molecule has 0 bridgehead atoms. The summed E-state index contributed by atoms with van der Waals surface area (Å²) in [5, 5.41) is 12.5. The molecule has 0 aliphatic carbocycles. The Morgan fingerprint density at radius 3 is 2.57 bits per heavy atom. The molecule has 5 N–H and O–H groups in total. The predicted octanol–water partition coefficient (Wildman–Crippen LogP) is 4.00. The Bertz CT molecular complexity index is 1670.